The van der Waals surface area contributed by atoms with E-state index in [1.54, 1.807) is 12.1 Å². The summed E-state index contributed by atoms with van der Waals surface area (Å²) in [6.45, 7) is 4.79. The number of carbonyl (C=O) groups is 2. The lowest BCUT2D eigenvalue weighted by atomic mass is 10.1. The summed E-state index contributed by atoms with van der Waals surface area (Å²) in [7, 11) is 0. The topological polar surface area (TPSA) is 49.9 Å². The van der Waals surface area contributed by atoms with Gasteiger partial charge in [-0.25, -0.2) is 4.39 Å². The number of hydrogen-bond acceptors (Lipinski definition) is 3. The fourth-order valence-electron chi connectivity index (χ4n) is 3.43. The molecule has 0 saturated carbocycles. The summed E-state index contributed by atoms with van der Waals surface area (Å²) >= 11 is 0. The molecule has 1 aliphatic heterocycles. The smallest absolute Gasteiger partial charge is 0.253 e. The first-order valence-corrected chi connectivity index (χ1v) is 10.0. The van der Waals surface area contributed by atoms with Crippen LogP contribution >= 0.6 is 0 Å². The Morgan fingerprint density at radius 2 is 1.72 bits per heavy atom. The maximum absolute atomic E-state index is 12.9. The highest BCUT2D eigenvalue weighted by Gasteiger charge is 2.22. The minimum Gasteiger partial charge on any atom is -0.494 e. The number of carbonyl (C=O) groups excluding carboxylic acids is 2. The molecule has 0 aromatic heterocycles. The first-order valence-electron chi connectivity index (χ1n) is 10.0. The van der Waals surface area contributed by atoms with Crippen molar-refractivity contribution in [2.24, 2.45) is 0 Å². The average Bonchev–Trinajstić information content (AvgIpc) is 2.98. The zero-order chi connectivity index (χ0) is 20.6. The number of ether oxygens (including phenoxy) is 1. The van der Waals surface area contributed by atoms with E-state index in [1.807, 2.05) is 41.0 Å². The number of aryl methyl sites for hydroxylation is 1. The van der Waals surface area contributed by atoms with Gasteiger partial charge in [0.15, 0.2) is 0 Å². The Balaban J connectivity index is 1.43. The average molecular weight is 398 g/mol. The van der Waals surface area contributed by atoms with Gasteiger partial charge in [0, 0.05) is 38.2 Å². The Morgan fingerprint density at radius 3 is 2.48 bits per heavy atom. The standard InChI is InChI=1S/C23H27FN2O3/c1-18-5-2-6-19(17-18)23(28)26-13-4-12-25(14-15-26)22(27)7-3-16-29-21-10-8-20(24)9-11-21/h2,5-6,8-11,17H,3-4,7,12-16H2,1H3. The molecule has 2 amide bonds. The molecule has 0 aliphatic carbocycles. The van der Waals surface area contributed by atoms with Gasteiger partial charge in [-0.3, -0.25) is 9.59 Å². The van der Waals surface area contributed by atoms with Crippen LogP contribution in [0.5, 0.6) is 5.75 Å². The summed E-state index contributed by atoms with van der Waals surface area (Å²) in [5, 5.41) is 0. The molecule has 0 unspecified atom stereocenters. The van der Waals surface area contributed by atoms with Crippen LogP contribution < -0.4 is 4.74 Å². The Bertz CT molecular complexity index is 838. The van der Waals surface area contributed by atoms with Gasteiger partial charge in [0.25, 0.3) is 5.91 Å². The third-order valence-electron chi connectivity index (χ3n) is 5.02. The monoisotopic (exact) mass is 398 g/mol. The Hall–Kier alpha value is -2.89. The van der Waals surface area contributed by atoms with Crippen LogP contribution in [0.3, 0.4) is 0 Å². The SMILES string of the molecule is Cc1cccc(C(=O)N2CCCN(C(=O)CCCOc3ccc(F)cc3)CC2)c1. The maximum Gasteiger partial charge on any atom is 0.253 e. The highest BCUT2D eigenvalue weighted by molar-refractivity contribution is 5.94. The summed E-state index contributed by atoms with van der Waals surface area (Å²) in [6.07, 6.45) is 1.76. The van der Waals surface area contributed by atoms with E-state index in [-0.39, 0.29) is 17.6 Å². The van der Waals surface area contributed by atoms with Gasteiger partial charge in [-0.1, -0.05) is 17.7 Å². The molecule has 154 valence electrons. The molecular formula is C23H27FN2O3. The lowest BCUT2D eigenvalue weighted by molar-refractivity contribution is -0.131. The van der Waals surface area contributed by atoms with Crippen molar-refractivity contribution >= 4 is 11.8 Å². The van der Waals surface area contributed by atoms with Gasteiger partial charge in [-0.15, -0.1) is 0 Å². The first-order chi connectivity index (χ1) is 14.0. The van der Waals surface area contributed by atoms with Crippen LogP contribution in [0.4, 0.5) is 4.39 Å². The largest absolute Gasteiger partial charge is 0.494 e. The van der Waals surface area contributed by atoms with E-state index in [2.05, 4.69) is 0 Å². The van der Waals surface area contributed by atoms with Crippen molar-refractivity contribution in [2.45, 2.75) is 26.2 Å². The number of halogens is 1. The quantitative estimate of drug-likeness (QED) is 0.698. The fourth-order valence-corrected chi connectivity index (χ4v) is 3.43. The molecule has 29 heavy (non-hydrogen) atoms. The predicted octanol–water partition coefficient (Wildman–Crippen LogP) is 3.67. The zero-order valence-electron chi connectivity index (χ0n) is 16.8. The molecule has 0 spiro atoms. The van der Waals surface area contributed by atoms with Gasteiger partial charge in [0.1, 0.15) is 11.6 Å². The van der Waals surface area contributed by atoms with Crippen molar-refractivity contribution in [2.75, 3.05) is 32.8 Å². The zero-order valence-corrected chi connectivity index (χ0v) is 16.8. The molecule has 0 radical (unpaired) electrons. The second kappa shape index (κ2) is 10.0. The molecule has 3 rings (SSSR count). The Morgan fingerprint density at radius 1 is 1.00 bits per heavy atom. The van der Waals surface area contributed by atoms with Crippen molar-refractivity contribution < 1.29 is 18.7 Å². The lowest BCUT2D eigenvalue weighted by Gasteiger charge is -2.22. The fraction of sp³-hybridized carbons (Fsp3) is 0.391. The maximum atomic E-state index is 12.9. The molecule has 1 saturated heterocycles. The molecule has 0 bridgehead atoms. The number of nitrogens with zero attached hydrogens (tertiary/aromatic N) is 2. The molecule has 1 aliphatic rings. The van der Waals surface area contributed by atoms with E-state index in [0.717, 1.165) is 12.0 Å². The van der Waals surface area contributed by atoms with Crippen molar-refractivity contribution in [1.82, 2.24) is 9.80 Å². The normalized spacial score (nSPS) is 14.4. The molecule has 0 N–H and O–H groups in total. The second-order valence-corrected chi connectivity index (χ2v) is 7.30. The van der Waals surface area contributed by atoms with Crippen LogP contribution in [0.2, 0.25) is 0 Å². The van der Waals surface area contributed by atoms with Crippen LogP contribution in [0, 0.1) is 12.7 Å². The van der Waals surface area contributed by atoms with Crippen LogP contribution in [-0.4, -0.2) is 54.4 Å². The molecule has 1 heterocycles. The molecule has 1 fully saturated rings. The van der Waals surface area contributed by atoms with E-state index >= 15 is 0 Å². The summed E-state index contributed by atoms with van der Waals surface area (Å²) < 4.78 is 18.4. The first kappa shape index (κ1) is 20.8. The molecule has 5 nitrogen and oxygen atoms in total. The minimum atomic E-state index is -0.302. The van der Waals surface area contributed by atoms with E-state index in [4.69, 9.17) is 4.74 Å². The van der Waals surface area contributed by atoms with Gasteiger partial charge in [-0.2, -0.15) is 0 Å². The van der Waals surface area contributed by atoms with Crippen molar-refractivity contribution in [1.29, 1.82) is 0 Å². The van der Waals surface area contributed by atoms with Crippen LogP contribution in [0.25, 0.3) is 0 Å². The highest BCUT2D eigenvalue weighted by atomic mass is 19.1. The summed E-state index contributed by atoms with van der Waals surface area (Å²) in [6, 6.07) is 13.5. The Kier molecular flexibility index (Phi) is 7.22. The molecule has 0 atom stereocenters. The third kappa shape index (κ3) is 6.04. The summed E-state index contributed by atoms with van der Waals surface area (Å²) in [4.78, 5) is 28.9. The second-order valence-electron chi connectivity index (χ2n) is 7.30. The summed E-state index contributed by atoms with van der Waals surface area (Å²) in [5.41, 5.74) is 1.76. The van der Waals surface area contributed by atoms with Crippen LogP contribution in [-0.2, 0) is 4.79 Å². The lowest BCUT2D eigenvalue weighted by Crippen LogP contribution is -2.37. The van der Waals surface area contributed by atoms with E-state index in [0.29, 0.717) is 56.9 Å². The van der Waals surface area contributed by atoms with Gasteiger partial charge in [0.2, 0.25) is 5.91 Å². The van der Waals surface area contributed by atoms with Gasteiger partial charge in [0.05, 0.1) is 6.61 Å². The van der Waals surface area contributed by atoms with Crippen molar-refractivity contribution in [3.05, 3.63) is 65.5 Å². The number of amides is 2. The van der Waals surface area contributed by atoms with Gasteiger partial charge in [-0.05, 0) is 56.2 Å². The highest BCUT2D eigenvalue weighted by Crippen LogP contribution is 2.14. The molecule has 6 heteroatoms. The van der Waals surface area contributed by atoms with E-state index in [9.17, 15) is 14.0 Å². The van der Waals surface area contributed by atoms with Crippen molar-refractivity contribution in [3.8, 4) is 5.75 Å². The third-order valence-corrected chi connectivity index (χ3v) is 5.02. The minimum absolute atomic E-state index is 0.0238. The van der Waals surface area contributed by atoms with Crippen LogP contribution in [0.15, 0.2) is 48.5 Å². The number of hydrogen-bond donors (Lipinski definition) is 0. The van der Waals surface area contributed by atoms with Crippen LogP contribution in [0.1, 0.15) is 35.2 Å². The molecule has 2 aromatic rings. The summed E-state index contributed by atoms with van der Waals surface area (Å²) in [5.74, 6) is 0.399. The van der Waals surface area contributed by atoms with E-state index in [1.165, 1.54) is 12.1 Å². The van der Waals surface area contributed by atoms with E-state index < -0.39 is 0 Å². The molecular weight excluding hydrogens is 371 g/mol. The van der Waals surface area contributed by atoms with Crippen molar-refractivity contribution in [3.63, 3.8) is 0 Å². The van der Waals surface area contributed by atoms with Gasteiger partial charge < -0.3 is 14.5 Å². The molecule has 2 aromatic carbocycles. The number of benzene rings is 2. The Labute approximate surface area is 171 Å². The predicted molar refractivity (Wildman–Crippen MR) is 109 cm³/mol. The number of rotatable bonds is 6. The van der Waals surface area contributed by atoms with Gasteiger partial charge >= 0.3 is 0 Å².